The lowest BCUT2D eigenvalue weighted by Crippen LogP contribution is -2.54. The number of unbranched alkanes of at least 4 members (excludes halogenated alkanes) is 2. The van der Waals surface area contributed by atoms with E-state index in [1.165, 1.54) is 28.9 Å². The molecule has 0 bridgehead atoms. The van der Waals surface area contributed by atoms with Crippen molar-refractivity contribution in [2.45, 2.75) is 84.4 Å². The molecule has 1 fully saturated rings. The van der Waals surface area contributed by atoms with Gasteiger partial charge in [-0.3, -0.25) is 28.9 Å². The third-order valence-corrected chi connectivity index (χ3v) is 8.78. The number of amides is 9. The average Bonchev–Trinajstić information content (AvgIpc) is 3.37. The Morgan fingerprint density at radius 1 is 0.907 bits per heavy atom. The molecule has 54 heavy (non-hydrogen) atoms. The molecule has 18 heteroatoms. The van der Waals surface area contributed by atoms with E-state index in [0.29, 0.717) is 43.5 Å². The van der Waals surface area contributed by atoms with Gasteiger partial charge in [0.1, 0.15) is 18.7 Å². The van der Waals surface area contributed by atoms with Crippen molar-refractivity contribution >= 4 is 53.4 Å². The van der Waals surface area contributed by atoms with Crippen molar-refractivity contribution in [3.8, 4) is 0 Å². The molecule has 3 atom stereocenters. The molecule has 0 aliphatic carbocycles. The maximum Gasteiger partial charge on any atom is 0.409 e. The molecule has 1 aliphatic rings. The minimum Gasteiger partial charge on any atom is -0.453 e. The molecule has 1 heterocycles. The molecule has 0 saturated carbocycles. The van der Waals surface area contributed by atoms with Gasteiger partial charge in [0.05, 0.1) is 7.11 Å². The first kappa shape index (κ1) is 44.7. The zero-order valence-electron chi connectivity index (χ0n) is 32.1. The Kier molecular flexibility index (Phi) is 18.7. The van der Waals surface area contributed by atoms with Gasteiger partial charge in [0.15, 0.2) is 0 Å². The summed E-state index contributed by atoms with van der Waals surface area (Å²) >= 11 is 0. The fraction of sp³-hybridized carbons (Fsp3) is 0.611. The molecule has 0 aromatic heterocycles. The molecule has 0 spiro atoms. The van der Waals surface area contributed by atoms with Gasteiger partial charge in [-0.15, -0.1) is 0 Å². The van der Waals surface area contributed by atoms with E-state index >= 15 is 0 Å². The molecule has 1 aliphatic heterocycles. The number of anilines is 1. The van der Waals surface area contributed by atoms with E-state index in [1.54, 1.807) is 52.1 Å². The number of likely N-dealkylation sites (N-methyl/N-ethyl adjacent to an activating group) is 2. The number of imide groups is 1. The number of ether oxygens (including phenoxy) is 2. The second-order valence-electron chi connectivity index (χ2n) is 13.6. The van der Waals surface area contributed by atoms with Crippen LogP contribution in [0.4, 0.5) is 20.1 Å². The first-order chi connectivity index (χ1) is 25.5. The Balaban J connectivity index is 1.93. The van der Waals surface area contributed by atoms with E-state index in [9.17, 15) is 38.4 Å². The topological polar surface area (TPSA) is 239 Å². The van der Waals surface area contributed by atoms with Crippen molar-refractivity contribution < 1.29 is 47.8 Å². The van der Waals surface area contributed by atoms with Crippen LogP contribution in [0.25, 0.3) is 0 Å². The van der Waals surface area contributed by atoms with E-state index in [2.05, 4.69) is 26.0 Å². The monoisotopic (exact) mass is 760 g/mol. The number of carbonyl (C=O) groups is 8. The molecule has 300 valence electrons. The van der Waals surface area contributed by atoms with Crippen molar-refractivity contribution in [1.82, 2.24) is 30.7 Å². The van der Waals surface area contributed by atoms with Gasteiger partial charge in [0.2, 0.25) is 29.5 Å². The van der Waals surface area contributed by atoms with Gasteiger partial charge in [-0.2, -0.15) is 0 Å². The summed E-state index contributed by atoms with van der Waals surface area (Å²) in [6, 6.07) is 3.86. The summed E-state index contributed by atoms with van der Waals surface area (Å²) in [4.78, 5) is 103. The number of rotatable bonds is 21. The van der Waals surface area contributed by atoms with E-state index in [4.69, 9.17) is 10.5 Å². The summed E-state index contributed by atoms with van der Waals surface area (Å²) in [6.07, 6.45) is 1.38. The van der Waals surface area contributed by atoms with Crippen LogP contribution in [-0.2, 0) is 40.1 Å². The number of urea groups is 1. The number of nitrogens with zero attached hydrogens (tertiary/aromatic N) is 3. The fourth-order valence-corrected chi connectivity index (χ4v) is 5.45. The standard InChI is InChI=1S/C36H56N8O10/c1-23(2)30(41-28(45)12-8-7-9-18-44-29(46)21-24(3)33(44)49)32(48)40-27(11-10-17-38-34(37)50)31(47)39-26-15-13-25(14-16-26)22-54-36(52)43(5)20-19-42(4)35(51)53-6/h13-16,23-24,27,30H,7-12,17-22H2,1-6H3,(H,39,47)(H,40,48)(H,41,45)(H3,37,38,50)/t24?,27-,30+/m0/s1. The Bertz CT molecular complexity index is 1470. The molecule has 0 radical (unpaired) electrons. The average molecular weight is 761 g/mol. The number of primary amides is 1. The van der Waals surface area contributed by atoms with Gasteiger partial charge in [0, 0.05) is 64.7 Å². The summed E-state index contributed by atoms with van der Waals surface area (Å²) in [5, 5.41) is 10.7. The lowest BCUT2D eigenvalue weighted by Gasteiger charge is -2.25. The minimum absolute atomic E-state index is 0.0436. The number of nitrogens with one attached hydrogen (secondary N) is 4. The molecule has 18 nitrogen and oxygen atoms in total. The highest BCUT2D eigenvalue weighted by atomic mass is 16.6. The maximum atomic E-state index is 13.4. The van der Waals surface area contributed by atoms with Crippen LogP contribution in [-0.4, -0.2) is 122 Å². The van der Waals surface area contributed by atoms with Gasteiger partial charge < -0.3 is 46.3 Å². The quantitative estimate of drug-likeness (QED) is 0.0901. The molecule has 1 aromatic rings. The normalized spacial score (nSPS) is 14.9. The van der Waals surface area contributed by atoms with Crippen molar-refractivity contribution in [3.63, 3.8) is 0 Å². The van der Waals surface area contributed by atoms with E-state index in [0.717, 1.165) is 0 Å². The second kappa shape index (κ2) is 22.6. The zero-order chi connectivity index (χ0) is 40.4. The van der Waals surface area contributed by atoms with Crippen LogP contribution in [0, 0.1) is 11.8 Å². The molecule has 1 unspecified atom stereocenters. The number of nitrogens with two attached hydrogens (primary N) is 1. The van der Waals surface area contributed by atoms with Gasteiger partial charge in [0.25, 0.3) is 0 Å². The van der Waals surface area contributed by atoms with Crippen molar-refractivity contribution in [1.29, 1.82) is 0 Å². The highest BCUT2D eigenvalue weighted by Gasteiger charge is 2.35. The van der Waals surface area contributed by atoms with Gasteiger partial charge in [-0.25, -0.2) is 14.4 Å². The molecule has 9 amide bonds. The lowest BCUT2D eigenvalue weighted by atomic mass is 10.0. The summed E-state index contributed by atoms with van der Waals surface area (Å²) in [5.41, 5.74) is 6.21. The number of methoxy groups -OCH3 is 1. The van der Waals surface area contributed by atoms with Gasteiger partial charge >= 0.3 is 18.2 Å². The lowest BCUT2D eigenvalue weighted by molar-refractivity contribution is -0.139. The fourth-order valence-electron chi connectivity index (χ4n) is 5.45. The van der Waals surface area contributed by atoms with Crippen LogP contribution in [0.5, 0.6) is 0 Å². The molecule has 2 rings (SSSR count). The van der Waals surface area contributed by atoms with Crippen LogP contribution < -0.4 is 27.0 Å². The predicted molar refractivity (Wildman–Crippen MR) is 197 cm³/mol. The van der Waals surface area contributed by atoms with E-state index < -0.39 is 42.1 Å². The predicted octanol–water partition coefficient (Wildman–Crippen LogP) is 1.92. The Morgan fingerprint density at radius 3 is 2.13 bits per heavy atom. The summed E-state index contributed by atoms with van der Waals surface area (Å²) < 4.78 is 9.97. The number of carbonyl (C=O) groups excluding carboxylic acids is 8. The summed E-state index contributed by atoms with van der Waals surface area (Å²) in [6.45, 7) is 6.18. The van der Waals surface area contributed by atoms with Gasteiger partial charge in [-0.1, -0.05) is 39.3 Å². The second-order valence-corrected chi connectivity index (χ2v) is 13.6. The molecule has 1 aromatic carbocycles. The van der Waals surface area contributed by atoms with Crippen molar-refractivity contribution in [3.05, 3.63) is 29.8 Å². The first-order valence-corrected chi connectivity index (χ1v) is 18.1. The first-order valence-electron chi connectivity index (χ1n) is 18.1. The number of hydrogen-bond acceptors (Lipinski definition) is 10. The minimum atomic E-state index is -1.03. The zero-order valence-corrected chi connectivity index (χ0v) is 32.1. The van der Waals surface area contributed by atoms with Crippen LogP contribution in [0.2, 0.25) is 0 Å². The summed E-state index contributed by atoms with van der Waals surface area (Å²) in [5.74, 6) is -2.39. The molecule has 1 saturated heterocycles. The SMILES string of the molecule is COC(=O)N(C)CCN(C)C(=O)OCc1ccc(NC(=O)[C@H](CCCNC(N)=O)NC(=O)[C@H](NC(=O)CCCCCN2C(=O)CC(C)C2=O)C(C)C)cc1. The number of hydrogen-bond donors (Lipinski definition) is 5. The van der Waals surface area contributed by atoms with E-state index in [-0.39, 0.29) is 75.1 Å². The maximum absolute atomic E-state index is 13.4. The smallest absolute Gasteiger partial charge is 0.409 e. The Labute approximate surface area is 316 Å². The largest absolute Gasteiger partial charge is 0.453 e. The third kappa shape index (κ3) is 15.3. The van der Waals surface area contributed by atoms with Crippen LogP contribution >= 0.6 is 0 Å². The van der Waals surface area contributed by atoms with Crippen LogP contribution in [0.15, 0.2) is 24.3 Å². The van der Waals surface area contributed by atoms with E-state index in [1.807, 2.05) is 0 Å². The summed E-state index contributed by atoms with van der Waals surface area (Å²) in [7, 11) is 4.35. The molecular weight excluding hydrogens is 704 g/mol. The van der Waals surface area contributed by atoms with Gasteiger partial charge in [-0.05, 0) is 49.3 Å². The third-order valence-electron chi connectivity index (χ3n) is 8.78. The Morgan fingerprint density at radius 2 is 1.56 bits per heavy atom. The Hall–Kier alpha value is -5.42. The highest BCUT2D eigenvalue weighted by molar-refractivity contribution is 6.03. The molecular formula is C36H56N8O10. The van der Waals surface area contributed by atoms with Crippen LogP contribution in [0.3, 0.4) is 0 Å². The van der Waals surface area contributed by atoms with Crippen LogP contribution in [0.1, 0.15) is 71.3 Å². The van der Waals surface area contributed by atoms with Crippen molar-refractivity contribution in [2.75, 3.05) is 52.7 Å². The van der Waals surface area contributed by atoms with Crippen molar-refractivity contribution in [2.24, 2.45) is 17.6 Å². The molecule has 6 N–H and O–H groups in total. The highest BCUT2D eigenvalue weighted by Crippen LogP contribution is 2.19. The number of likely N-dealkylation sites (tertiary alicyclic amines) is 1. The number of benzene rings is 1.